The van der Waals surface area contributed by atoms with Crippen LogP contribution in [0, 0.1) is 6.92 Å². The summed E-state index contributed by atoms with van der Waals surface area (Å²) >= 11 is 3.40. The Labute approximate surface area is 108 Å². The molecule has 0 radical (unpaired) electrons. The van der Waals surface area contributed by atoms with Crippen molar-refractivity contribution in [1.29, 1.82) is 0 Å². The average molecular weight is 293 g/mol. The quantitative estimate of drug-likeness (QED) is 0.883. The number of rotatable bonds is 3. The number of hydrogen-bond acceptors (Lipinski definition) is 2. The van der Waals surface area contributed by atoms with Gasteiger partial charge >= 0.3 is 0 Å². The molecule has 88 valence electrons. The second-order valence-corrected chi connectivity index (χ2v) is 4.95. The van der Waals surface area contributed by atoms with Gasteiger partial charge in [0.05, 0.1) is 0 Å². The third-order valence-electron chi connectivity index (χ3n) is 2.70. The van der Waals surface area contributed by atoms with Gasteiger partial charge in [0, 0.05) is 29.1 Å². The largest absolute Gasteiger partial charge is 0.293 e. The summed E-state index contributed by atoms with van der Waals surface area (Å²) in [5.41, 5.74) is 3.66. The minimum absolute atomic E-state index is 0.00135. The normalized spacial score (nSPS) is 10.5. The van der Waals surface area contributed by atoms with Gasteiger partial charge in [-0.15, -0.1) is 0 Å². The van der Waals surface area contributed by atoms with Gasteiger partial charge in [-0.05, 0) is 24.6 Å². The maximum atomic E-state index is 11.4. The molecule has 0 saturated heterocycles. The summed E-state index contributed by atoms with van der Waals surface area (Å²) in [6, 6.07) is 8.08. The number of H-pyrrole nitrogens is 1. The van der Waals surface area contributed by atoms with Crippen LogP contribution in [-0.2, 0) is 6.42 Å². The maximum Gasteiger partial charge on any atom is 0.180 e. The molecule has 3 nitrogen and oxygen atoms in total. The second-order valence-electron chi connectivity index (χ2n) is 4.04. The van der Waals surface area contributed by atoms with E-state index in [0.717, 1.165) is 22.2 Å². The first-order valence-electron chi connectivity index (χ1n) is 5.37. The van der Waals surface area contributed by atoms with Crippen LogP contribution in [0.3, 0.4) is 0 Å². The Bertz CT molecular complexity index is 543. The predicted octanol–water partition coefficient (Wildman–Crippen LogP) is 3.27. The number of aromatic nitrogens is 2. The van der Waals surface area contributed by atoms with Crippen LogP contribution in [0.2, 0.25) is 0 Å². The molecule has 0 aliphatic carbocycles. The summed E-state index contributed by atoms with van der Waals surface area (Å²) in [6.07, 6.45) is 0.727. The Morgan fingerprint density at radius 1 is 1.35 bits per heavy atom. The molecule has 0 spiro atoms. The molecule has 0 unspecified atom stereocenters. The second kappa shape index (κ2) is 4.84. The van der Waals surface area contributed by atoms with Crippen molar-refractivity contribution < 1.29 is 4.79 Å². The van der Waals surface area contributed by atoms with Crippen LogP contribution in [0.15, 0.2) is 28.7 Å². The number of nitrogens with zero attached hydrogens (tertiary/aromatic N) is 1. The fourth-order valence-corrected chi connectivity index (χ4v) is 2.03. The molecule has 2 rings (SSSR count). The van der Waals surface area contributed by atoms with E-state index in [0.29, 0.717) is 5.69 Å². The van der Waals surface area contributed by atoms with E-state index in [1.807, 2.05) is 31.2 Å². The minimum Gasteiger partial charge on any atom is -0.293 e. The molecule has 0 bridgehead atoms. The maximum absolute atomic E-state index is 11.4. The smallest absolute Gasteiger partial charge is 0.180 e. The van der Waals surface area contributed by atoms with E-state index in [-0.39, 0.29) is 5.78 Å². The Balaban J connectivity index is 2.32. The molecular formula is C13H13BrN2O. The Kier molecular flexibility index (Phi) is 3.43. The van der Waals surface area contributed by atoms with Gasteiger partial charge in [0.15, 0.2) is 5.78 Å². The zero-order valence-electron chi connectivity index (χ0n) is 9.75. The highest BCUT2D eigenvalue weighted by molar-refractivity contribution is 9.10. The first kappa shape index (κ1) is 12.0. The standard InChI is InChI=1S/C13H13BrN2O/c1-8-12(13(9(2)17)16-15-8)7-10-3-5-11(14)6-4-10/h3-6H,7H2,1-2H3,(H,15,16). The van der Waals surface area contributed by atoms with Crippen molar-refractivity contribution in [2.75, 3.05) is 0 Å². The molecule has 2 aromatic rings. The molecule has 1 aromatic heterocycles. The third kappa shape index (κ3) is 2.64. The van der Waals surface area contributed by atoms with E-state index in [1.165, 1.54) is 5.56 Å². The summed E-state index contributed by atoms with van der Waals surface area (Å²) in [7, 11) is 0. The van der Waals surface area contributed by atoms with Gasteiger partial charge in [-0.25, -0.2) is 0 Å². The highest BCUT2D eigenvalue weighted by Gasteiger charge is 2.14. The van der Waals surface area contributed by atoms with Crippen LogP contribution in [0.4, 0.5) is 0 Å². The number of Topliss-reactive ketones (excluding diaryl/α,β-unsaturated/α-hetero) is 1. The number of aryl methyl sites for hydroxylation is 1. The molecule has 1 N–H and O–H groups in total. The molecule has 0 amide bonds. The molecule has 0 aliphatic heterocycles. The van der Waals surface area contributed by atoms with Crippen LogP contribution in [-0.4, -0.2) is 16.0 Å². The van der Waals surface area contributed by atoms with Crippen LogP contribution < -0.4 is 0 Å². The van der Waals surface area contributed by atoms with Crippen molar-refractivity contribution >= 4 is 21.7 Å². The molecule has 0 saturated carbocycles. The fourth-order valence-electron chi connectivity index (χ4n) is 1.77. The van der Waals surface area contributed by atoms with Gasteiger partial charge in [0.1, 0.15) is 5.69 Å². The average Bonchev–Trinajstić information content (AvgIpc) is 2.64. The monoisotopic (exact) mass is 292 g/mol. The van der Waals surface area contributed by atoms with Crippen molar-refractivity contribution in [3.63, 3.8) is 0 Å². The summed E-state index contributed by atoms with van der Waals surface area (Å²) in [4.78, 5) is 11.4. The van der Waals surface area contributed by atoms with Crippen LogP contribution >= 0.6 is 15.9 Å². The van der Waals surface area contributed by atoms with Crippen LogP contribution in [0.25, 0.3) is 0 Å². The van der Waals surface area contributed by atoms with E-state index in [2.05, 4.69) is 26.1 Å². The molecule has 0 aliphatic rings. The number of ketones is 1. The molecular weight excluding hydrogens is 280 g/mol. The summed E-state index contributed by atoms with van der Waals surface area (Å²) in [6.45, 7) is 3.48. The molecule has 17 heavy (non-hydrogen) atoms. The lowest BCUT2D eigenvalue weighted by molar-refractivity contribution is 0.101. The van der Waals surface area contributed by atoms with E-state index >= 15 is 0 Å². The number of halogens is 1. The number of hydrogen-bond donors (Lipinski definition) is 1. The van der Waals surface area contributed by atoms with Gasteiger partial charge in [-0.2, -0.15) is 5.10 Å². The number of aromatic amines is 1. The van der Waals surface area contributed by atoms with Crippen LogP contribution in [0.5, 0.6) is 0 Å². The van der Waals surface area contributed by atoms with Gasteiger partial charge < -0.3 is 0 Å². The Morgan fingerprint density at radius 3 is 2.59 bits per heavy atom. The van der Waals surface area contributed by atoms with Gasteiger partial charge in [-0.3, -0.25) is 9.89 Å². The lowest BCUT2D eigenvalue weighted by Crippen LogP contribution is -1.99. The fraction of sp³-hybridized carbons (Fsp3) is 0.231. The van der Waals surface area contributed by atoms with Crippen molar-refractivity contribution in [3.8, 4) is 0 Å². The highest BCUT2D eigenvalue weighted by Crippen LogP contribution is 2.18. The zero-order chi connectivity index (χ0) is 12.4. The number of nitrogens with one attached hydrogen (secondary N) is 1. The van der Waals surface area contributed by atoms with E-state index in [4.69, 9.17) is 0 Å². The van der Waals surface area contributed by atoms with Crippen LogP contribution in [0.1, 0.15) is 34.2 Å². The van der Waals surface area contributed by atoms with Crippen molar-refractivity contribution in [1.82, 2.24) is 10.2 Å². The lowest BCUT2D eigenvalue weighted by atomic mass is 10.0. The topological polar surface area (TPSA) is 45.8 Å². The van der Waals surface area contributed by atoms with Gasteiger partial charge in [0.25, 0.3) is 0 Å². The van der Waals surface area contributed by atoms with Gasteiger partial charge in [0.2, 0.25) is 0 Å². The third-order valence-corrected chi connectivity index (χ3v) is 3.23. The number of carbonyl (C=O) groups excluding carboxylic acids is 1. The SMILES string of the molecule is CC(=O)c1n[nH]c(C)c1Cc1ccc(Br)cc1. The van der Waals surface area contributed by atoms with Crippen molar-refractivity contribution in [2.24, 2.45) is 0 Å². The summed E-state index contributed by atoms with van der Waals surface area (Å²) in [5.74, 6) is 0.00135. The number of benzene rings is 1. The Morgan fingerprint density at radius 2 is 2.00 bits per heavy atom. The first-order valence-corrected chi connectivity index (χ1v) is 6.16. The summed E-state index contributed by atoms with van der Waals surface area (Å²) < 4.78 is 1.05. The zero-order valence-corrected chi connectivity index (χ0v) is 11.3. The van der Waals surface area contributed by atoms with Crippen molar-refractivity contribution in [3.05, 3.63) is 51.3 Å². The first-order chi connectivity index (χ1) is 8.08. The lowest BCUT2D eigenvalue weighted by Gasteiger charge is -2.02. The highest BCUT2D eigenvalue weighted by atomic mass is 79.9. The minimum atomic E-state index is 0.00135. The Hall–Kier alpha value is -1.42. The molecule has 0 fully saturated rings. The van der Waals surface area contributed by atoms with Gasteiger partial charge in [-0.1, -0.05) is 28.1 Å². The van der Waals surface area contributed by atoms with E-state index in [9.17, 15) is 4.79 Å². The van der Waals surface area contributed by atoms with E-state index in [1.54, 1.807) is 6.92 Å². The molecule has 1 aromatic carbocycles. The van der Waals surface area contributed by atoms with Crippen molar-refractivity contribution in [2.45, 2.75) is 20.3 Å². The summed E-state index contributed by atoms with van der Waals surface area (Å²) in [5, 5.41) is 6.92. The molecule has 4 heteroatoms. The predicted molar refractivity (Wildman–Crippen MR) is 70.3 cm³/mol. The van der Waals surface area contributed by atoms with E-state index < -0.39 is 0 Å². The molecule has 1 heterocycles. The number of carbonyl (C=O) groups is 1. The molecule has 0 atom stereocenters.